The molecule has 0 radical (unpaired) electrons. The zero-order valence-electron chi connectivity index (χ0n) is 12.2. The Morgan fingerprint density at radius 2 is 1.86 bits per heavy atom. The van der Waals surface area contributed by atoms with Crippen LogP contribution >= 0.6 is 0 Å². The molecule has 21 heavy (non-hydrogen) atoms. The fourth-order valence-corrected chi connectivity index (χ4v) is 2.11. The number of carbonyl (C=O) groups is 2. The van der Waals surface area contributed by atoms with Crippen LogP contribution in [0.1, 0.15) is 26.7 Å². The molecule has 6 heteroatoms. The number of para-hydroxylation sites is 2. The molecule has 0 saturated carbocycles. The Balaban J connectivity index is 1.86. The fourth-order valence-electron chi connectivity index (χ4n) is 2.11. The number of fused-ring (bicyclic) bond motifs is 1. The highest BCUT2D eigenvalue weighted by Crippen LogP contribution is 2.30. The molecule has 0 saturated heterocycles. The summed E-state index contributed by atoms with van der Waals surface area (Å²) >= 11 is 0. The van der Waals surface area contributed by atoms with E-state index in [2.05, 4.69) is 10.9 Å². The van der Waals surface area contributed by atoms with Crippen molar-refractivity contribution in [3.05, 3.63) is 24.3 Å². The monoisotopic (exact) mass is 292 g/mol. The molecule has 114 valence electrons. The second kappa shape index (κ2) is 6.97. The third-order valence-corrected chi connectivity index (χ3v) is 3.47. The SMILES string of the molecule is CCC(CC)C(=O)NNC(=O)[C@@H]1COc2ccccc2O1. The first-order chi connectivity index (χ1) is 10.2. The second-order valence-corrected chi connectivity index (χ2v) is 4.86. The summed E-state index contributed by atoms with van der Waals surface area (Å²) < 4.78 is 11.0. The van der Waals surface area contributed by atoms with Gasteiger partial charge in [-0.05, 0) is 25.0 Å². The number of nitrogens with one attached hydrogen (secondary N) is 2. The van der Waals surface area contributed by atoms with Crippen LogP contribution in [-0.2, 0) is 9.59 Å². The smallest absolute Gasteiger partial charge is 0.283 e. The summed E-state index contributed by atoms with van der Waals surface area (Å²) in [5, 5.41) is 0. The number of amides is 2. The number of carbonyl (C=O) groups excluding carboxylic acids is 2. The van der Waals surface area contributed by atoms with Crippen molar-refractivity contribution in [2.75, 3.05) is 6.61 Å². The van der Waals surface area contributed by atoms with E-state index in [1.54, 1.807) is 18.2 Å². The average molecular weight is 292 g/mol. The Kier molecular flexibility index (Phi) is 5.03. The second-order valence-electron chi connectivity index (χ2n) is 4.86. The molecule has 0 spiro atoms. The largest absolute Gasteiger partial charge is 0.485 e. The fraction of sp³-hybridized carbons (Fsp3) is 0.467. The van der Waals surface area contributed by atoms with Crippen LogP contribution < -0.4 is 20.3 Å². The minimum Gasteiger partial charge on any atom is -0.485 e. The zero-order valence-corrected chi connectivity index (χ0v) is 12.2. The van der Waals surface area contributed by atoms with Crippen molar-refractivity contribution in [3.63, 3.8) is 0 Å². The Bertz CT molecular complexity index is 514. The number of hydrazine groups is 1. The maximum atomic E-state index is 12.0. The molecule has 0 unspecified atom stereocenters. The lowest BCUT2D eigenvalue weighted by Crippen LogP contribution is -2.52. The highest BCUT2D eigenvalue weighted by molar-refractivity contribution is 5.86. The van der Waals surface area contributed by atoms with Crippen LogP contribution in [0.15, 0.2) is 24.3 Å². The molecule has 1 aliphatic rings. The van der Waals surface area contributed by atoms with Crippen LogP contribution in [0.3, 0.4) is 0 Å². The summed E-state index contributed by atoms with van der Waals surface area (Å²) in [6.07, 6.45) is 0.686. The summed E-state index contributed by atoms with van der Waals surface area (Å²) in [6, 6.07) is 7.14. The number of ether oxygens (including phenoxy) is 2. The molecule has 2 rings (SSSR count). The number of benzene rings is 1. The first-order valence-electron chi connectivity index (χ1n) is 7.13. The van der Waals surface area contributed by atoms with Gasteiger partial charge in [-0.15, -0.1) is 0 Å². The Morgan fingerprint density at radius 1 is 1.19 bits per heavy atom. The Morgan fingerprint density at radius 3 is 2.52 bits per heavy atom. The molecule has 1 atom stereocenters. The predicted octanol–water partition coefficient (Wildman–Crippen LogP) is 1.41. The van der Waals surface area contributed by atoms with Crippen molar-refractivity contribution in [2.45, 2.75) is 32.8 Å². The molecule has 6 nitrogen and oxygen atoms in total. The maximum Gasteiger partial charge on any atom is 0.283 e. The van der Waals surface area contributed by atoms with E-state index in [1.165, 1.54) is 0 Å². The van der Waals surface area contributed by atoms with E-state index in [4.69, 9.17) is 9.47 Å². The molecule has 0 fully saturated rings. The molecule has 2 amide bonds. The van der Waals surface area contributed by atoms with Gasteiger partial charge in [-0.1, -0.05) is 26.0 Å². The topological polar surface area (TPSA) is 76.7 Å². The van der Waals surface area contributed by atoms with Gasteiger partial charge in [-0.25, -0.2) is 0 Å². The van der Waals surface area contributed by atoms with Crippen molar-refractivity contribution in [2.24, 2.45) is 5.92 Å². The summed E-state index contributed by atoms with van der Waals surface area (Å²) in [5.41, 5.74) is 4.82. The molecule has 1 aromatic rings. The van der Waals surface area contributed by atoms with Crippen LogP contribution in [0.25, 0.3) is 0 Å². The van der Waals surface area contributed by atoms with E-state index < -0.39 is 12.0 Å². The predicted molar refractivity (Wildman–Crippen MR) is 76.7 cm³/mol. The Hall–Kier alpha value is -2.24. The van der Waals surface area contributed by atoms with Gasteiger partial charge in [0.05, 0.1) is 0 Å². The highest BCUT2D eigenvalue weighted by atomic mass is 16.6. The van der Waals surface area contributed by atoms with Crippen molar-refractivity contribution >= 4 is 11.8 Å². The van der Waals surface area contributed by atoms with Crippen LogP contribution in [0, 0.1) is 5.92 Å². The minimum atomic E-state index is -0.776. The average Bonchev–Trinajstić information content (AvgIpc) is 2.53. The van der Waals surface area contributed by atoms with Gasteiger partial charge in [0.2, 0.25) is 12.0 Å². The number of hydrogen-bond acceptors (Lipinski definition) is 4. The van der Waals surface area contributed by atoms with E-state index in [0.717, 1.165) is 12.8 Å². The lowest BCUT2D eigenvalue weighted by molar-refractivity contribution is -0.136. The Labute approximate surface area is 123 Å². The van der Waals surface area contributed by atoms with Gasteiger partial charge >= 0.3 is 0 Å². The van der Waals surface area contributed by atoms with Crippen LogP contribution in [0.2, 0.25) is 0 Å². The number of hydrogen-bond donors (Lipinski definition) is 2. The summed E-state index contributed by atoms with van der Waals surface area (Å²) in [7, 11) is 0. The third-order valence-electron chi connectivity index (χ3n) is 3.47. The van der Waals surface area contributed by atoms with Gasteiger partial charge in [0, 0.05) is 5.92 Å². The van der Waals surface area contributed by atoms with Crippen molar-refractivity contribution in [1.82, 2.24) is 10.9 Å². The number of rotatable bonds is 4. The van der Waals surface area contributed by atoms with Gasteiger partial charge < -0.3 is 9.47 Å². The molecule has 0 aromatic heterocycles. The van der Waals surface area contributed by atoms with E-state index in [0.29, 0.717) is 11.5 Å². The zero-order chi connectivity index (χ0) is 15.2. The first-order valence-corrected chi connectivity index (χ1v) is 7.13. The van der Waals surface area contributed by atoms with Crippen LogP contribution in [-0.4, -0.2) is 24.5 Å². The lowest BCUT2D eigenvalue weighted by Gasteiger charge is -2.25. The van der Waals surface area contributed by atoms with Crippen LogP contribution in [0.4, 0.5) is 0 Å². The van der Waals surface area contributed by atoms with E-state index in [9.17, 15) is 9.59 Å². The van der Waals surface area contributed by atoms with E-state index in [1.807, 2.05) is 19.9 Å². The van der Waals surface area contributed by atoms with E-state index in [-0.39, 0.29) is 18.4 Å². The quantitative estimate of drug-likeness (QED) is 0.823. The van der Waals surface area contributed by atoms with Crippen molar-refractivity contribution in [1.29, 1.82) is 0 Å². The van der Waals surface area contributed by atoms with Gasteiger partial charge in [0.25, 0.3) is 5.91 Å². The summed E-state index contributed by atoms with van der Waals surface area (Å²) in [4.78, 5) is 23.8. The van der Waals surface area contributed by atoms with Gasteiger partial charge in [0.1, 0.15) is 6.61 Å². The molecule has 0 aliphatic carbocycles. The summed E-state index contributed by atoms with van der Waals surface area (Å²) in [6.45, 7) is 3.98. The van der Waals surface area contributed by atoms with Crippen molar-refractivity contribution in [3.8, 4) is 11.5 Å². The lowest BCUT2D eigenvalue weighted by atomic mass is 10.0. The standard InChI is InChI=1S/C15H20N2O4/c1-3-10(4-2)14(18)16-17-15(19)13-9-20-11-7-5-6-8-12(11)21-13/h5-8,10,13H,3-4,9H2,1-2H3,(H,16,18)(H,17,19)/t13-/m0/s1. The summed E-state index contributed by atoms with van der Waals surface area (Å²) in [5.74, 6) is 0.418. The molecular weight excluding hydrogens is 272 g/mol. The van der Waals surface area contributed by atoms with Gasteiger partial charge in [0.15, 0.2) is 11.5 Å². The molecule has 0 bridgehead atoms. The molecular formula is C15H20N2O4. The normalized spacial score (nSPS) is 16.4. The molecule has 2 N–H and O–H groups in total. The first kappa shape index (κ1) is 15.2. The minimum absolute atomic E-state index is 0.102. The maximum absolute atomic E-state index is 12.0. The molecule has 1 aromatic carbocycles. The van der Waals surface area contributed by atoms with Crippen molar-refractivity contribution < 1.29 is 19.1 Å². The highest BCUT2D eigenvalue weighted by Gasteiger charge is 2.27. The third kappa shape index (κ3) is 3.65. The van der Waals surface area contributed by atoms with Gasteiger partial charge in [-0.3, -0.25) is 20.4 Å². The van der Waals surface area contributed by atoms with Gasteiger partial charge in [-0.2, -0.15) is 0 Å². The molecule has 1 heterocycles. The van der Waals surface area contributed by atoms with Crippen LogP contribution in [0.5, 0.6) is 11.5 Å². The molecule has 1 aliphatic heterocycles. The van der Waals surface area contributed by atoms with E-state index >= 15 is 0 Å².